The zero-order valence-corrected chi connectivity index (χ0v) is 10.8. The second-order valence-electron chi connectivity index (χ2n) is 5.47. The standard InChI is InChI=1S/C12H21NOS/c1-12(2,15-3)8-13-9-4-5-10(13)7-11(14)6-9/h9-10H,4-8H2,1-3H3. The van der Waals surface area contributed by atoms with Crippen LogP contribution >= 0.6 is 11.8 Å². The maximum Gasteiger partial charge on any atom is 0.136 e. The summed E-state index contributed by atoms with van der Waals surface area (Å²) in [4.78, 5) is 14.1. The van der Waals surface area contributed by atoms with Gasteiger partial charge in [0.05, 0.1) is 0 Å². The van der Waals surface area contributed by atoms with E-state index >= 15 is 0 Å². The lowest BCUT2D eigenvalue weighted by molar-refractivity contribution is -0.123. The molecule has 0 amide bonds. The van der Waals surface area contributed by atoms with Crippen molar-refractivity contribution in [3.63, 3.8) is 0 Å². The maximum absolute atomic E-state index is 11.5. The minimum atomic E-state index is 0.321. The first-order chi connectivity index (χ1) is 7.02. The summed E-state index contributed by atoms with van der Waals surface area (Å²) in [5, 5.41) is 0. The number of thioether (sulfide) groups is 1. The van der Waals surface area contributed by atoms with Crippen molar-refractivity contribution < 1.29 is 4.79 Å². The van der Waals surface area contributed by atoms with Crippen molar-refractivity contribution in [2.45, 2.75) is 56.4 Å². The summed E-state index contributed by atoms with van der Waals surface area (Å²) < 4.78 is 0.321. The Hall–Kier alpha value is -0.0200. The fourth-order valence-electron chi connectivity index (χ4n) is 2.82. The third kappa shape index (κ3) is 2.39. The molecule has 2 bridgehead atoms. The number of hydrogen-bond acceptors (Lipinski definition) is 3. The SMILES string of the molecule is CSC(C)(C)CN1C2CCC1CC(=O)C2. The molecule has 2 atom stereocenters. The van der Waals surface area contributed by atoms with E-state index in [0.717, 1.165) is 19.4 Å². The van der Waals surface area contributed by atoms with Gasteiger partial charge in [-0.05, 0) is 32.9 Å². The number of Topliss-reactive ketones (excluding diaryl/α,β-unsaturated/α-hetero) is 1. The van der Waals surface area contributed by atoms with E-state index in [9.17, 15) is 4.79 Å². The largest absolute Gasteiger partial charge is 0.300 e. The molecule has 2 nitrogen and oxygen atoms in total. The van der Waals surface area contributed by atoms with Crippen LogP contribution in [0.25, 0.3) is 0 Å². The van der Waals surface area contributed by atoms with Gasteiger partial charge in [0.1, 0.15) is 5.78 Å². The van der Waals surface area contributed by atoms with Gasteiger partial charge in [0.15, 0.2) is 0 Å². The van der Waals surface area contributed by atoms with E-state index < -0.39 is 0 Å². The number of fused-ring (bicyclic) bond motifs is 2. The first kappa shape index (κ1) is 11.5. The Kier molecular flexibility index (Phi) is 3.13. The summed E-state index contributed by atoms with van der Waals surface area (Å²) in [5.74, 6) is 0.487. The molecule has 15 heavy (non-hydrogen) atoms. The molecule has 2 aliphatic rings. The fraction of sp³-hybridized carbons (Fsp3) is 0.917. The lowest BCUT2D eigenvalue weighted by Gasteiger charge is -2.39. The Morgan fingerprint density at radius 2 is 1.87 bits per heavy atom. The molecule has 0 aromatic carbocycles. The minimum absolute atomic E-state index is 0.321. The van der Waals surface area contributed by atoms with Crippen molar-refractivity contribution in [2.75, 3.05) is 12.8 Å². The lowest BCUT2D eigenvalue weighted by Crippen LogP contribution is -2.48. The van der Waals surface area contributed by atoms with E-state index in [0.29, 0.717) is 22.6 Å². The van der Waals surface area contributed by atoms with Crippen LogP contribution < -0.4 is 0 Å². The number of carbonyl (C=O) groups is 1. The van der Waals surface area contributed by atoms with Gasteiger partial charge in [-0.15, -0.1) is 0 Å². The van der Waals surface area contributed by atoms with Crippen LogP contribution in [0.5, 0.6) is 0 Å². The maximum atomic E-state index is 11.5. The summed E-state index contributed by atoms with van der Waals surface area (Å²) in [6.45, 7) is 5.73. The number of ketones is 1. The second kappa shape index (κ2) is 4.10. The van der Waals surface area contributed by atoms with Crippen LogP contribution in [0.15, 0.2) is 0 Å². The Labute approximate surface area is 96.8 Å². The molecule has 0 spiro atoms. The molecule has 0 aliphatic carbocycles. The van der Waals surface area contributed by atoms with Gasteiger partial charge in [0, 0.05) is 36.2 Å². The Morgan fingerprint density at radius 1 is 1.33 bits per heavy atom. The molecule has 0 aromatic rings. The summed E-state index contributed by atoms with van der Waals surface area (Å²) in [6, 6.07) is 1.12. The molecule has 2 unspecified atom stereocenters. The predicted molar refractivity (Wildman–Crippen MR) is 65.4 cm³/mol. The van der Waals surface area contributed by atoms with Gasteiger partial charge >= 0.3 is 0 Å². The van der Waals surface area contributed by atoms with Crippen LogP contribution in [-0.4, -0.2) is 40.3 Å². The molecular formula is C12H21NOS. The molecule has 0 saturated carbocycles. The number of rotatable bonds is 3. The molecule has 0 radical (unpaired) electrons. The zero-order valence-electron chi connectivity index (χ0n) is 9.95. The van der Waals surface area contributed by atoms with Crippen molar-refractivity contribution >= 4 is 17.5 Å². The normalized spacial score (nSPS) is 32.3. The molecule has 2 saturated heterocycles. The summed E-state index contributed by atoms with van der Waals surface area (Å²) in [6.07, 6.45) is 6.26. The minimum Gasteiger partial charge on any atom is -0.300 e. The first-order valence-corrected chi connectivity index (χ1v) is 7.07. The highest BCUT2D eigenvalue weighted by molar-refractivity contribution is 7.99. The quantitative estimate of drug-likeness (QED) is 0.738. The van der Waals surface area contributed by atoms with Gasteiger partial charge in [0.2, 0.25) is 0 Å². The van der Waals surface area contributed by atoms with E-state index in [4.69, 9.17) is 0 Å². The summed E-state index contributed by atoms with van der Waals surface area (Å²) in [5.41, 5.74) is 0. The highest BCUT2D eigenvalue weighted by Crippen LogP contribution is 2.36. The topological polar surface area (TPSA) is 20.3 Å². The van der Waals surface area contributed by atoms with Crippen molar-refractivity contribution in [1.29, 1.82) is 0 Å². The van der Waals surface area contributed by atoms with Crippen molar-refractivity contribution in [3.8, 4) is 0 Å². The molecule has 86 valence electrons. The number of nitrogens with zero attached hydrogens (tertiary/aromatic N) is 1. The molecular weight excluding hydrogens is 206 g/mol. The molecule has 2 rings (SSSR count). The van der Waals surface area contributed by atoms with Crippen LogP contribution in [0.2, 0.25) is 0 Å². The summed E-state index contributed by atoms with van der Waals surface area (Å²) in [7, 11) is 0. The van der Waals surface area contributed by atoms with Gasteiger partial charge < -0.3 is 0 Å². The summed E-state index contributed by atoms with van der Waals surface area (Å²) >= 11 is 1.93. The van der Waals surface area contributed by atoms with Crippen LogP contribution in [0, 0.1) is 0 Å². The van der Waals surface area contributed by atoms with E-state index in [1.54, 1.807) is 0 Å². The highest BCUT2D eigenvalue weighted by atomic mass is 32.2. The molecule has 0 aromatic heterocycles. The average molecular weight is 227 g/mol. The third-order valence-corrected chi connectivity index (χ3v) is 5.05. The molecule has 2 heterocycles. The number of hydrogen-bond donors (Lipinski definition) is 0. The average Bonchev–Trinajstić information content (AvgIpc) is 2.42. The molecule has 3 heteroatoms. The third-order valence-electron chi connectivity index (χ3n) is 3.81. The Morgan fingerprint density at radius 3 is 2.33 bits per heavy atom. The molecule has 0 N–H and O–H groups in total. The van der Waals surface area contributed by atoms with E-state index in [1.807, 2.05) is 11.8 Å². The van der Waals surface area contributed by atoms with Crippen LogP contribution in [0.4, 0.5) is 0 Å². The lowest BCUT2D eigenvalue weighted by atomic mass is 10.00. The van der Waals surface area contributed by atoms with Crippen molar-refractivity contribution in [2.24, 2.45) is 0 Å². The van der Waals surface area contributed by atoms with Crippen molar-refractivity contribution in [3.05, 3.63) is 0 Å². The van der Waals surface area contributed by atoms with E-state index in [2.05, 4.69) is 25.0 Å². The van der Waals surface area contributed by atoms with Crippen LogP contribution in [0.1, 0.15) is 39.5 Å². The molecule has 2 fully saturated rings. The van der Waals surface area contributed by atoms with Gasteiger partial charge in [-0.3, -0.25) is 9.69 Å². The Balaban J connectivity index is 2.02. The van der Waals surface area contributed by atoms with E-state index in [1.165, 1.54) is 12.8 Å². The van der Waals surface area contributed by atoms with Crippen LogP contribution in [-0.2, 0) is 4.79 Å². The molecule has 2 aliphatic heterocycles. The predicted octanol–water partition coefficient (Wildman–Crippen LogP) is 2.32. The Bertz CT molecular complexity index is 248. The number of piperidine rings is 1. The first-order valence-electron chi connectivity index (χ1n) is 5.84. The van der Waals surface area contributed by atoms with E-state index in [-0.39, 0.29) is 0 Å². The van der Waals surface area contributed by atoms with Crippen molar-refractivity contribution in [1.82, 2.24) is 4.90 Å². The van der Waals surface area contributed by atoms with Gasteiger partial charge in [-0.25, -0.2) is 0 Å². The highest BCUT2D eigenvalue weighted by Gasteiger charge is 2.41. The van der Waals surface area contributed by atoms with Gasteiger partial charge in [0.25, 0.3) is 0 Å². The zero-order chi connectivity index (χ0) is 11.1. The fourth-order valence-corrected chi connectivity index (χ4v) is 3.10. The van der Waals surface area contributed by atoms with Gasteiger partial charge in [-0.2, -0.15) is 11.8 Å². The van der Waals surface area contributed by atoms with Gasteiger partial charge in [-0.1, -0.05) is 0 Å². The monoisotopic (exact) mass is 227 g/mol. The second-order valence-corrected chi connectivity index (χ2v) is 6.98. The van der Waals surface area contributed by atoms with Crippen LogP contribution in [0.3, 0.4) is 0 Å². The smallest absolute Gasteiger partial charge is 0.136 e. The number of carbonyl (C=O) groups excluding carboxylic acids is 1.